The molecule has 3 N–H and O–H groups in total. The van der Waals surface area contributed by atoms with E-state index in [0.717, 1.165) is 0 Å². The first kappa shape index (κ1) is 12.6. The number of rotatable bonds is 3. The van der Waals surface area contributed by atoms with Crippen LogP contribution < -0.4 is 15.8 Å². The van der Waals surface area contributed by atoms with Crippen LogP contribution in [0.15, 0.2) is 24.3 Å². The van der Waals surface area contributed by atoms with Crippen molar-refractivity contribution in [2.75, 3.05) is 11.9 Å². The number of hydrogen-bond acceptors (Lipinski definition) is 2. The van der Waals surface area contributed by atoms with E-state index >= 15 is 0 Å². The zero-order chi connectivity index (χ0) is 12.2. The van der Waals surface area contributed by atoms with Gasteiger partial charge in [-0.2, -0.15) is 13.2 Å². The molecule has 0 saturated heterocycles. The molecule has 16 heavy (non-hydrogen) atoms. The number of ether oxygens (including phenoxy) is 1. The Morgan fingerprint density at radius 3 is 2.69 bits per heavy atom. The van der Waals surface area contributed by atoms with Crippen LogP contribution in [-0.4, -0.2) is 17.9 Å². The standard InChI is InChI=1S/C9H9F3N2OS/c10-9(11,12)5-15-7-3-1-2-6(4-7)14-8(13)16/h1-4H,5H2,(H3,13,14,16). The van der Waals surface area contributed by atoms with Gasteiger partial charge in [0.05, 0.1) is 0 Å². The van der Waals surface area contributed by atoms with Crippen molar-refractivity contribution in [3.63, 3.8) is 0 Å². The van der Waals surface area contributed by atoms with Gasteiger partial charge in [-0.25, -0.2) is 0 Å². The lowest BCUT2D eigenvalue weighted by atomic mass is 10.3. The number of anilines is 1. The Morgan fingerprint density at radius 2 is 2.12 bits per heavy atom. The van der Waals surface area contributed by atoms with Gasteiger partial charge in [0.1, 0.15) is 5.75 Å². The minimum Gasteiger partial charge on any atom is -0.484 e. The van der Waals surface area contributed by atoms with Crippen molar-refractivity contribution >= 4 is 23.0 Å². The average Bonchev–Trinajstić information content (AvgIpc) is 2.13. The topological polar surface area (TPSA) is 47.3 Å². The van der Waals surface area contributed by atoms with Crippen molar-refractivity contribution in [2.45, 2.75) is 6.18 Å². The summed E-state index contributed by atoms with van der Waals surface area (Å²) in [5.74, 6) is 0.0959. The van der Waals surface area contributed by atoms with Crippen LogP contribution in [0.2, 0.25) is 0 Å². The molecule has 0 bridgehead atoms. The van der Waals surface area contributed by atoms with Gasteiger partial charge in [0.15, 0.2) is 11.7 Å². The molecule has 0 atom stereocenters. The van der Waals surface area contributed by atoms with E-state index in [1.807, 2.05) is 0 Å². The molecule has 0 aromatic heterocycles. The van der Waals surface area contributed by atoms with Crippen LogP contribution in [0.5, 0.6) is 5.75 Å². The van der Waals surface area contributed by atoms with Crippen molar-refractivity contribution in [2.24, 2.45) is 5.73 Å². The highest BCUT2D eigenvalue weighted by molar-refractivity contribution is 7.80. The first-order chi connectivity index (χ1) is 7.37. The second-order valence-electron chi connectivity index (χ2n) is 2.92. The van der Waals surface area contributed by atoms with Gasteiger partial charge >= 0.3 is 6.18 Å². The van der Waals surface area contributed by atoms with Crippen molar-refractivity contribution < 1.29 is 17.9 Å². The van der Waals surface area contributed by atoms with E-state index in [1.54, 1.807) is 6.07 Å². The summed E-state index contributed by atoms with van der Waals surface area (Å²) in [5.41, 5.74) is 5.70. The molecule has 0 aliphatic carbocycles. The van der Waals surface area contributed by atoms with Gasteiger partial charge in [0.2, 0.25) is 0 Å². The first-order valence-corrected chi connectivity index (χ1v) is 4.64. The number of nitrogens with two attached hydrogens (primary N) is 1. The molecule has 0 fully saturated rings. The Balaban J connectivity index is 2.64. The number of nitrogens with one attached hydrogen (secondary N) is 1. The lowest BCUT2D eigenvalue weighted by Gasteiger charge is -2.10. The zero-order valence-corrected chi connectivity index (χ0v) is 8.86. The molecular weight excluding hydrogens is 241 g/mol. The van der Waals surface area contributed by atoms with E-state index < -0.39 is 12.8 Å². The molecule has 3 nitrogen and oxygen atoms in total. The minimum atomic E-state index is -4.35. The molecule has 0 aliphatic heterocycles. The number of thiocarbonyl (C=S) groups is 1. The number of alkyl halides is 3. The van der Waals surface area contributed by atoms with Gasteiger partial charge in [0.25, 0.3) is 0 Å². The lowest BCUT2D eigenvalue weighted by Crippen LogP contribution is -2.20. The zero-order valence-electron chi connectivity index (χ0n) is 8.04. The summed E-state index contributed by atoms with van der Waals surface area (Å²) in [5, 5.41) is 2.63. The summed E-state index contributed by atoms with van der Waals surface area (Å²) >= 11 is 4.59. The maximum absolute atomic E-state index is 11.9. The summed E-state index contributed by atoms with van der Waals surface area (Å²) < 4.78 is 40.2. The van der Waals surface area contributed by atoms with Crippen LogP contribution in [0, 0.1) is 0 Å². The van der Waals surface area contributed by atoms with Crippen molar-refractivity contribution in [1.29, 1.82) is 0 Å². The molecule has 1 aromatic rings. The number of halogens is 3. The number of benzene rings is 1. The third kappa shape index (κ3) is 4.83. The van der Waals surface area contributed by atoms with Crippen LogP contribution in [0.3, 0.4) is 0 Å². The van der Waals surface area contributed by atoms with Crippen LogP contribution in [0.4, 0.5) is 18.9 Å². The Labute approximate surface area is 95.4 Å². The highest BCUT2D eigenvalue weighted by Gasteiger charge is 2.28. The second-order valence-corrected chi connectivity index (χ2v) is 3.36. The van der Waals surface area contributed by atoms with Gasteiger partial charge in [-0.05, 0) is 24.4 Å². The van der Waals surface area contributed by atoms with Gasteiger partial charge in [-0.1, -0.05) is 6.07 Å². The summed E-state index contributed by atoms with van der Waals surface area (Å²) in [6.07, 6.45) is -4.35. The molecular formula is C9H9F3N2OS. The molecule has 0 spiro atoms. The van der Waals surface area contributed by atoms with E-state index in [9.17, 15) is 13.2 Å². The van der Waals surface area contributed by atoms with Crippen LogP contribution in [0.1, 0.15) is 0 Å². The van der Waals surface area contributed by atoms with Crippen molar-refractivity contribution in [1.82, 2.24) is 0 Å². The van der Waals surface area contributed by atoms with Gasteiger partial charge in [-0.15, -0.1) is 0 Å². The second kappa shape index (κ2) is 5.02. The average molecular weight is 250 g/mol. The molecule has 1 aromatic carbocycles. The third-order valence-corrected chi connectivity index (χ3v) is 1.61. The highest BCUT2D eigenvalue weighted by atomic mass is 32.1. The van der Waals surface area contributed by atoms with Crippen LogP contribution in [0.25, 0.3) is 0 Å². The lowest BCUT2D eigenvalue weighted by molar-refractivity contribution is -0.153. The molecule has 0 amide bonds. The Kier molecular flexibility index (Phi) is 3.94. The molecule has 0 radical (unpaired) electrons. The van der Waals surface area contributed by atoms with Crippen LogP contribution in [-0.2, 0) is 0 Å². The van der Waals surface area contributed by atoms with Crippen molar-refractivity contribution in [3.05, 3.63) is 24.3 Å². The van der Waals surface area contributed by atoms with Gasteiger partial charge in [-0.3, -0.25) is 0 Å². The largest absolute Gasteiger partial charge is 0.484 e. The van der Waals surface area contributed by atoms with E-state index in [4.69, 9.17) is 5.73 Å². The summed E-state index contributed by atoms with van der Waals surface area (Å²) in [7, 11) is 0. The molecule has 0 saturated carbocycles. The summed E-state index contributed by atoms with van der Waals surface area (Å²) in [6, 6.07) is 5.94. The van der Waals surface area contributed by atoms with Gasteiger partial charge in [0, 0.05) is 11.8 Å². The molecule has 1 rings (SSSR count). The quantitative estimate of drug-likeness (QED) is 0.808. The Morgan fingerprint density at radius 1 is 1.44 bits per heavy atom. The highest BCUT2D eigenvalue weighted by Crippen LogP contribution is 2.21. The smallest absolute Gasteiger partial charge is 0.422 e. The summed E-state index contributed by atoms with van der Waals surface area (Å²) in [4.78, 5) is 0. The fourth-order valence-corrected chi connectivity index (χ4v) is 1.09. The fourth-order valence-electron chi connectivity index (χ4n) is 0.971. The Bertz CT molecular complexity index is 381. The summed E-state index contributed by atoms with van der Waals surface area (Å²) in [6.45, 7) is -1.33. The Hall–Kier alpha value is -1.50. The van der Waals surface area contributed by atoms with E-state index in [0.29, 0.717) is 5.69 Å². The molecule has 0 unspecified atom stereocenters. The minimum absolute atomic E-state index is 0.0352. The van der Waals surface area contributed by atoms with Crippen LogP contribution >= 0.6 is 12.2 Å². The molecule has 7 heteroatoms. The monoisotopic (exact) mass is 250 g/mol. The first-order valence-electron chi connectivity index (χ1n) is 4.23. The molecule has 88 valence electrons. The molecule has 0 aliphatic rings. The predicted molar refractivity (Wildman–Crippen MR) is 58.4 cm³/mol. The third-order valence-electron chi connectivity index (χ3n) is 1.50. The maximum atomic E-state index is 11.9. The molecule has 0 heterocycles. The SMILES string of the molecule is NC(=S)Nc1cccc(OCC(F)(F)F)c1. The van der Waals surface area contributed by atoms with E-state index in [2.05, 4.69) is 22.3 Å². The van der Waals surface area contributed by atoms with Gasteiger partial charge < -0.3 is 15.8 Å². The predicted octanol–water partition coefficient (Wildman–Crippen LogP) is 2.28. The van der Waals surface area contributed by atoms with E-state index in [1.165, 1.54) is 18.2 Å². The normalized spacial score (nSPS) is 10.9. The fraction of sp³-hybridized carbons (Fsp3) is 0.222. The van der Waals surface area contributed by atoms with E-state index in [-0.39, 0.29) is 10.9 Å². The number of hydrogen-bond donors (Lipinski definition) is 2. The van der Waals surface area contributed by atoms with Crippen molar-refractivity contribution in [3.8, 4) is 5.75 Å². The maximum Gasteiger partial charge on any atom is 0.422 e.